The first-order chi connectivity index (χ1) is 24.1. The van der Waals surface area contributed by atoms with Crippen molar-refractivity contribution in [2.75, 3.05) is 4.90 Å². The first kappa shape index (κ1) is 27.9. The van der Waals surface area contributed by atoms with Crippen LogP contribution in [-0.4, -0.2) is 4.57 Å². The first-order valence-electron chi connectivity index (χ1n) is 17.1. The summed E-state index contributed by atoms with van der Waals surface area (Å²) in [6, 6.07) is 62.4. The van der Waals surface area contributed by atoms with Gasteiger partial charge in [0.2, 0.25) is 0 Å². The molecule has 49 heavy (non-hydrogen) atoms. The Labute approximate surface area is 286 Å². The predicted octanol–water partition coefficient (Wildman–Crippen LogP) is 12.9. The number of aromatic nitrogens is 1. The first-order valence-corrected chi connectivity index (χ1v) is 17.1. The zero-order valence-electron chi connectivity index (χ0n) is 27.6. The number of fused-ring (bicyclic) bond motifs is 9. The van der Waals surface area contributed by atoms with Crippen LogP contribution in [0.2, 0.25) is 0 Å². The second-order valence-electron chi connectivity index (χ2n) is 13.8. The Morgan fingerprint density at radius 3 is 2.02 bits per heavy atom. The average molecular weight is 627 g/mol. The topological polar surface area (TPSA) is 8.17 Å². The summed E-state index contributed by atoms with van der Waals surface area (Å²) in [7, 11) is 0. The highest BCUT2D eigenvalue weighted by Gasteiger charge is 2.35. The normalized spacial score (nSPS) is 13.3. The van der Waals surface area contributed by atoms with Gasteiger partial charge in [0.05, 0.1) is 16.7 Å². The van der Waals surface area contributed by atoms with E-state index in [1.54, 1.807) is 0 Å². The molecule has 0 radical (unpaired) electrons. The van der Waals surface area contributed by atoms with Gasteiger partial charge in [-0.2, -0.15) is 0 Å². The Kier molecular flexibility index (Phi) is 5.95. The minimum Gasteiger partial charge on any atom is -0.310 e. The minimum atomic E-state index is -0.0772. The number of benzene rings is 8. The molecule has 232 valence electrons. The molecule has 1 aromatic heterocycles. The van der Waals surface area contributed by atoms with Crippen LogP contribution in [0.3, 0.4) is 0 Å². The van der Waals surface area contributed by atoms with E-state index in [-0.39, 0.29) is 5.41 Å². The van der Waals surface area contributed by atoms with Crippen LogP contribution in [0.25, 0.3) is 60.2 Å². The highest BCUT2D eigenvalue weighted by Crippen LogP contribution is 2.51. The lowest BCUT2D eigenvalue weighted by Crippen LogP contribution is -2.15. The molecule has 0 aliphatic heterocycles. The van der Waals surface area contributed by atoms with Crippen molar-refractivity contribution >= 4 is 60.4 Å². The zero-order chi connectivity index (χ0) is 32.7. The van der Waals surface area contributed by atoms with Crippen molar-refractivity contribution in [3.63, 3.8) is 0 Å². The van der Waals surface area contributed by atoms with Gasteiger partial charge < -0.3 is 9.47 Å². The van der Waals surface area contributed by atoms with E-state index in [4.69, 9.17) is 0 Å². The van der Waals surface area contributed by atoms with E-state index >= 15 is 0 Å². The summed E-state index contributed by atoms with van der Waals surface area (Å²) >= 11 is 0. The Hall–Kier alpha value is -6.12. The minimum absolute atomic E-state index is 0.0772. The molecule has 1 aliphatic rings. The summed E-state index contributed by atoms with van der Waals surface area (Å²) in [5, 5.41) is 7.55. The largest absolute Gasteiger partial charge is 0.310 e. The number of nitrogens with zero attached hydrogens (tertiary/aromatic N) is 2. The van der Waals surface area contributed by atoms with Crippen molar-refractivity contribution in [3.8, 4) is 16.8 Å². The van der Waals surface area contributed by atoms with Gasteiger partial charge in [0.1, 0.15) is 0 Å². The van der Waals surface area contributed by atoms with Crippen molar-refractivity contribution < 1.29 is 0 Å². The maximum atomic E-state index is 2.48. The summed E-state index contributed by atoms with van der Waals surface area (Å²) in [5.41, 5.74) is 12.4. The molecule has 2 nitrogen and oxygen atoms in total. The molecular weight excluding hydrogens is 593 g/mol. The van der Waals surface area contributed by atoms with Crippen LogP contribution in [0.15, 0.2) is 170 Å². The number of hydrogen-bond donors (Lipinski definition) is 0. The molecular formula is C47H34N2. The summed E-state index contributed by atoms with van der Waals surface area (Å²) in [5.74, 6) is 0. The van der Waals surface area contributed by atoms with Crippen LogP contribution in [0.4, 0.5) is 17.1 Å². The van der Waals surface area contributed by atoms with Gasteiger partial charge in [0.25, 0.3) is 0 Å². The maximum Gasteiger partial charge on any atom is 0.0561 e. The predicted molar refractivity (Wildman–Crippen MR) is 208 cm³/mol. The summed E-state index contributed by atoms with van der Waals surface area (Å²) < 4.78 is 2.40. The SMILES string of the molecule is CC1(C)c2ccccc2-c2cc3ccc4cccc(N(c5ccccc5)c5ccc6c7ccccc7n(-c7ccccc7)c6c5)c4c3cc21. The lowest BCUT2D eigenvalue weighted by Gasteiger charge is -2.28. The monoisotopic (exact) mass is 626 g/mol. The molecule has 0 saturated heterocycles. The van der Waals surface area contributed by atoms with Gasteiger partial charge in [0.15, 0.2) is 0 Å². The summed E-state index contributed by atoms with van der Waals surface area (Å²) in [4.78, 5) is 2.45. The number of para-hydroxylation sites is 3. The van der Waals surface area contributed by atoms with Gasteiger partial charge in [-0.05, 0) is 99.1 Å². The fourth-order valence-electron chi connectivity index (χ4n) is 8.43. The van der Waals surface area contributed by atoms with Crippen molar-refractivity contribution in [1.29, 1.82) is 0 Å². The van der Waals surface area contributed by atoms with E-state index in [9.17, 15) is 0 Å². The van der Waals surface area contributed by atoms with E-state index in [1.165, 1.54) is 71.3 Å². The molecule has 0 saturated carbocycles. The van der Waals surface area contributed by atoms with Crippen molar-refractivity contribution in [2.45, 2.75) is 19.3 Å². The van der Waals surface area contributed by atoms with Gasteiger partial charge in [-0.1, -0.05) is 123 Å². The van der Waals surface area contributed by atoms with Gasteiger partial charge in [0, 0.05) is 38.6 Å². The second kappa shape index (κ2) is 10.4. The van der Waals surface area contributed by atoms with Gasteiger partial charge in [-0.15, -0.1) is 0 Å². The molecule has 0 unspecified atom stereocenters. The third-order valence-electron chi connectivity index (χ3n) is 10.7. The Morgan fingerprint density at radius 1 is 0.449 bits per heavy atom. The molecule has 1 heterocycles. The summed E-state index contributed by atoms with van der Waals surface area (Å²) in [6.07, 6.45) is 0. The smallest absolute Gasteiger partial charge is 0.0561 e. The van der Waals surface area contributed by atoms with Crippen LogP contribution in [0, 0.1) is 0 Å². The van der Waals surface area contributed by atoms with Crippen LogP contribution in [0.5, 0.6) is 0 Å². The number of rotatable bonds is 4. The molecule has 0 spiro atoms. The Bertz CT molecular complexity index is 2740. The number of hydrogen-bond acceptors (Lipinski definition) is 1. The fraction of sp³-hybridized carbons (Fsp3) is 0.0638. The standard InChI is InChI=1S/C47H34N2/c1-47(2)41-21-11-9-19-36(41)40-28-32-25-24-31-14-13-23-44(46(31)39(32)30-42(40)47)48(33-15-5-3-6-16-33)35-26-27-38-37-20-10-12-22-43(37)49(45(38)29-35)34-17-7-4-8-18-34/h3-30H,1-2H3. The van der Waals surface area contributed by atoms with E-state index in [1.807, 2.05) is 0 Å². The Morgan fingerprint density at radius 2 is 1.16 bits per heavy atom. The summed E-state index contributed by atoms with van der Waals surface area (Å²) in [6.45, 7) is 4.74. The van der Waals surface area contributed by atoms with Gasteiger partial charge >= 0.3 is 0 Å². The zero-order valence-corrected chi connectivity index (χ0v) is 27.6. The molecule has 0 N–H and O–H groups in total. The fourth-order valence-corrected chi connectivity index (χ4v) is 8.43. The quantitative estimate of drug-likeness (QED) is 0.176. The van der Waals surface area contributed by atoms with E-state index in [2.05, 4.69) is 193 Å². The average Bonchev–Trinajstić information content (AvgIpc) is 3.59. The molecule has 0 bridgehead atoms. The third-order valence-corrected chi connectivity index (χ3v) is 10.7. The van der Waals surface area contributed by atoms with Gasteiger partial charge in [-0.25, -0.2) is 0 Å². The van der Waals surface area contributed by atoms with Crippen molar-refractivity contribution in [3.05, 3.63) is 181 Å². The van der Waals surface area contributed by atoms with E-state index < -0.39 is 0 Å². The van der Waals surface area contributed by atoms with Crippen LogP contribution < -0.4 is 4.90 Å². The molecule has 8 aromatic carbocycles. The van der Waals surface area contributed by atoms with Crippen LogP contribution in [-0.2, 0) is 5.41 Å². The molecule has 9 aromatic rings. The molecule has 1 aliphatic carbocycles. The molecule has 2 heteroatoms. The van der Waals surface area contributed by atoms with Gasteiger partial charge in [-0.3, -0.25) is 0 Å². The second-order valence-corrected chi connectivity index (χ2v) is 13.8. The number of anilines is 3. The third kappa shape index (κ3) is 4.07. The lowest BCUT2D eigenvalue weighted by atomic mass is 9.81. The highest BCUT2D eigenvalue weighted by molar-refractivity contribution is 6.17. The molecule has 10 rings (SSSR count). The molecule has 0 fully saturated rings. The lowest BCUT2D eigenvalue weighted by molar-refractivity contribution is 0.661. The maximum absolute atomic E-state index is 2.48. The van der Waals surface area contributed by atoms with Crippen LogP contribution >= 0.6 is 0 Å². The van der Waals surface area contributed by atoms with E-state index in [0.717, 1.165) is 17.1 Å². The molecule has 0 amide bonds. The van der Waals surface area contributed by atoms with Crippen molar-refractivity contribution in [2.24, 2.45) is 0 Å². The van der Waals surface area contributed by atoms with E-state index in [0.29, 0.717) is 0 Å². The Balaban J connectivity index is 1.27. The van der Waals surface area contributed by atoms with Crippen LogP contribution in [0.1, 0.15) is 25.0 Å². The molecule has 0 atom stereocenters. The van der Waals surface area contributed by atoms with Crippen molar-refractivity contribution in [1.82, 2.24) is 4.57 Å². The highest BCUT2D eigenvalue weighted by atomic mass is 15.1.